The van der Waals surface area contributed by atoms with Crippen LogP contribution < -0.4 is 15.6 Å². The predicted molar refractivity (Wildman–Crippen MR) is 129 cm³/mol. The molecule has 1 aliphatic heterocycles. The van der Waals surface area contributed by atoms with Crippen LogP contribution in [0.15, 0.2) is 58.6 Å². The number of anilines is 1. The normalized spacial score (nSPS) is 14.9. The zero-order chi connectivity index (χ0) is 23.1. The summed E-state index contributed by atoms with van der Waals surface area (Å²) in [6.07, 6.45) is 1.66. The van der Waals surface area contributed by atoms with E-state index in [4.69, 9.17) is 21.3 Å². The number of nitrogens with zero attached hydrogens (tertiary/aromatic N) is 4. The quantitative estimate of drug-likeness (QED) is 0.429. The zero-order valence-corrected chi connectivity index (χ0v) is 19.5. The van der Waals surface area contributed by atoms with Crippen molar-refractivity contribution in [3.05, 3.63) is 69.6 Å². The minimum Gasteiger partial charge on any atom is -0.495 e. The number of aromatic nitrogens is 4. The van der Waals surface area contributed by atoms with E-state index in [1.54, 1.807) is 27.4 Å². The van der Waals surface area contributed by atoms with Gasteiger partial charge in [-0.25, -0.2) is 9.67 Å². The van der Waals surface area contributed by atoms with Crippen molar-refractivity contribution in [2.45, 2.75) is 24.5 Å². The van der Waals surface area contributed by atoms with Crippen molar-refractivity contribution in [2.75, 3.05) is 18.2 Å². The van der Waals surface area contributed by atoms with Gasteiger partial charge < -0.3 is 10.1 Å². The molecule has 2 aromatic carbocycles. The first kappa shape index (κ1) is 21.5. The third-order valence-corrected chi connectivity index (χ3v) is 6.84. The molecule has 8 nitrogen and oxygen atoms in total. The molecule has 2 aromatic heterocycles. The van der Waals surface area contributed by atoms with Crippen molar-refractivity contribution in [1.29, 1.82) is 0 Å². The summed E-state index contributed by atoms with van der Waals surface area (Å²) >= 11 is 7.51. The number of benzene rings is 2. The first-order valence-corrected chi connectivity index (χ1v) is 11.6. The van der Waals surface area contributed by atoms with Crippen LogP contribution in [0.1, 0.15) is 18.0 Å². The summed E-state index contributed by atoms with van der Waals surface area (Å²) in [5.41, 5.74) is 2.77. The van der Waals surface area contributed by atoms with Gasteiger partial charge in [-0.05, 0) is 37.3 Å². The predicted octanol–water partition coefficient (Wildman–Crippen LogP) is 4.23. The van der Waals surface area contributed by atoms with E-state index in [1.165, 1.54) is 25.1 Å². The number of halogens is 1. The summed E-state index contributed by atoms with van der Waals surface area (Å²) in [4.78, 5) is 30.8. The first-order chi connectivity index (χ1) is 15.9. The Morgan fingerprint density at radius 1 is 1.27 bits per heavy atom. The van der Waals surface area contributed by atoms with Crippen LogP contribution in [-0.4, -0.2) is 38.1 Å². The van der Waals surface area contributed by atoms with Gasteiger partial charge in [-0.1, -0.05) is 41.1 Å². The third kappa shape index (κ3) is 3.98. The van der Waals surface area contributed by atoms with Crippen LogP contribution in [0, 0.1) is 6.92 Å². The number of aryl methyl sites for hydroxylation is 1. The lowest BCUT2D eigenvalue weighted by atomic mass is 10.2. The lowest BCUT2D eigenvalue weighted by Crippen LogP contribution is -2.27. The average molecular weight is 482 g/mol. The van der Waals surface area contributed by atoms with Gasteiger partial charge in [0.25, 0.3) is 5.56 Å². The zero-order valence-electron chi connectivity index (χ0n) is 17.9. The van der Waals surface area contributed by atoms with Crippen molar-refractivity contribution in [3.8, 4) is 11.4 Å². The van der Waals surface area contributed by atoms with Crippen LogP contribution in [0.3, 0.4) is 0 Å². The van der Waals surface area contributed by atoms with Crippen molar-refractivity contribution >= 4 is 46.0 Å². The maximum absolute atomic E-state index is 13.3. The van der Waals surface area contributed by atoms with Crippen LogP contribution in [0.5, 0.6) is 5.75 Å². The Balaban J connectivity index is 1.43. The van der Waals surface area contributed by atoms with E-state index in [2.05, 4.69) is 10.4 Å². The number of amides is 1. The average Bonchev–Trinajstić information content (AvgIpc) is 3.39. The summed E-state index contributed by atoms with van der Waals surface area (Å²) in [7, 11) is 1.52. The van der Waals surface area contributed by atoms with E-state index in [1.807, 2.05) is 31.2 Å². The molecule has 5 rings (SSSR count). The van der Waals surface area contributed by atoms with Gasteiger partial charge in [-0.15, -0.1) is 0 Å². The van der Waals surface area contributed by atoms with Gasteiger partial charge in [0.1, 0.15) is 11.1 Å². The standard InChI is InChI=1S/C23H20ClN5O3S/c1-13-3-6-15(7-4-13)29-21-17(11-25-29)22(31)28-16(12-33-23(28)27-21)10-20(30)26-18-9-14(24)5-8-19(18)32-2/h3-9,11,16H,10,12H2,1-2H3,(H,26,30). The fraction of sp³-hybridized carbons (Fsp3) is 0.217. The highest BCUT2D eigenvalue weighted by atomic mass is 35.5. The second kappa shape index (κ2) is 8.57. The highest BCUT2D eigenvalue weighted by Crippen LogP contribution is 2.34. The highest BCUT2D eigenvalue weighted by molar-refractivity contribution is 7.99. The van der Waals surface area contributed by atoms with Crippen molar-refractivity contribution in [3.63, 3.8) is 0 Å². The minimum absolute atomic E-state index is 0.120. The molecular weight excluding hydrogens is 462 g/mol. The van der Waals surface area contributed by atoms with Crippen molar-refractivity contribution in [1.82, 2.24) is 19.3 Å². The largest absolute Gasteiger partial charge is 0.495 e. The molecule has 0 saturated heterocycles. The number of rotatable bonds is 5. The summed E-state index contributed by atoms with van der Waals surface area (Å²) in [5, 5.41) is 8.72. The molecule has 0 spiro atoms. The van der Waals surface area contributed by atoms with E-state index in [-0.39, 0.29) is 23.9 Å². The summed E-state index contributed by atoms with van der Waals surface area (Å²) in [6.45, 7) is 2.01. The Morgan fingerprint density at radius 2 is 2.06 bits per heavy atom. The Labute approximate surface area is 198 Å². The fourth-order valence-corrected chi connectivity index (χ4v) is 5.15. The molecule has 3 heterocycles. The number of nitrogens with one attached hydrogen (secondary N) is 1. The Bertz CT molecular complexity index is 1430. The van der Waals surface area contributed by atoms with Crippen molar-refractivity contribution < 1.29 is 9.53 Å². The van der Waals surface area contributed by atoms with E-state index >= 15 is 0 Å². The molecule has 1 unspecified atom stereocenters. The maximum atomic E-state index is 13.3. The summed E-state index contributed by atoms with van der Waals surface area (Å²) in [5.74, 6) is 0.849. The van der Waals surface area contributed by atoms with Crippen LogP contribution >= 0.6 is 23.4 Å². The topological polar surface area (TPSA) is 91.0 Å². The number of fused-ring (bicyclic) bond motifs is 2. The molecule has 33 heavy (non-hydrogen) atoms. The first-order valence-electron chi connectivity index (χ1n) is 10.3. The molecule has 0 bridgehead atoms. The second-order valence-electron chi connectivity index (χ2n) is 7.76. The molecule has 10 heteroatoms. The molecule has 1 aliphatic rings. The van der Waals surface area contributed by atoms with Gasteiger partial charge in [-0.2, -0.15) is 5.10 Å². The minimum atomic E-state index is -0.317. The lowest BCUT2D eigenvalue weighted by Gasteiger charge is -2.15. The van der Waals surface area contributed by atoms with Gasteiger partial charge in [0.05, 0.1) is 30.7 Å². The molecular formula is C23H20ClN5O3S. The molecule has 0 aliphatic carbocycles. The van der Waals surface area contributed by atoms with Gasteiger partial charge >= 0.3 is 0 Å². The monoisotopic (exact) mass is 481 g/mol. The molecule has 168 valence electrons. The Morgan fingerprint density at radius 3 is 2.82 bits per heavy atom. The number of carbonyl (C=O) groups excluding carboxylic acids is 1. The van der Waals surface area contributed by atoms with E-state index in [0.29, 0.717) is 38.4 Å². The number of thioether (sulfide) groups is 1. The number of methoxy groups -OCH3 is 1. The maximum Gasteiger partial charge on any atom is 0.265 e. The van der Waals surface area contributed by atoms with Crippen LogP contribution in [0.2, 0.25) is 5.02 Å². The SMILES string of the molecule is COc1ccc(Cl)cc1NC(=O)CC1CSc2nc3c(cnn3-c3ccc(C)cc3)c(=O)n21. The van der Waals surface area contributed by atoms with Crippen LogP contribution in [0.25, 0.3) is 16.7 Å². The summed E-state index contributed by atoms with van der Waals surface area (Å²) < 4.78 is 8.56. The molecule has 1 amide bonds. The molecule has 1 N–H and O–H groups in total. The van der Waals surface area contributed by atoms with Crippen molar-refractivity contribution in [2.24, 2.45) is 0 Å². The van der Waals surface area contributed by atoms with E-state index in [0.717, 1.165) is 11.3 Å². The van der Waals surface area contributed by atoms with E-state index < -0.39 is 0 Å². The smallest absolute Gasteiger partial charge is 0.265 e. The summed E-state index contributed by atoms with van der Waals surface area (Å²) in [6, 6.07) is 12.6. The molecule has 0 saturated carbocycles. The fourth-order valence-electron chi connectivity index (χ4n) is 3.85. The second-order valence-corrected chi connectivity index (χ2v) is 9.18. The number of carbonyl (C=O) groups is 1. The van der Waals surface area contributed by atoms with Gasteiger partial charge in [0, 0.05) is 17.2 Å². The Hall–Kier alpha value is -3.30. The molecule has 4 aromatic rings. The highest BCUT2D eigenvalue weighted by Gasteiger charge is 2.30. The Kier molecular flexibility index (Phi) is 5.59. The van der Waals surface area contributed by atoms with Gasteiger partial charge in [0.2, 0.25) is 5.91 Å². The molecule has 0 radical (unpaired) electrons. The van der Waals surface area contributed by atoms with Gasteiger partial charge in [0.15, 0.2) is 10.8 Å². The third-order valence-electron chi connectivity index (χ3n) is 5.51. The van der Waals surface area contributed by atoms with Crippen LogP contribution in [0.4, 0.5) is 5.69 Å². The lowest BCUT2D eigenvalue weighted by molar-refractivity contribution is -0.116. The molecule has 0 fully saturated rings. The van der Waals surface area contributed by atoms with Gasteiger partial charge in [-0.3, -0.25) is 14.2 Å². The van der Waals surface area contributed by atoms with E-state index in [9.17, 15) is 9.59 Å². The molecule has 1 atom stereocenters. The van der Waals surface area contributed by atoms with Crippen LogP contribution in [-0.2, 0) is 4.79 Å². The number of hydrogen-bond donors (Lipinski definition) is 1. The number of hydrogen-bond acceptors (Lipinski definition) is 6. The number of ether oxygens (including phenoxy) is 1.